The van der Waals surface area contributed by atoms with Crippen molar-refractivity contribution in [3.05, 3.63) is 54.0 Å². The van der Waals surface area contributed by atoms with Crippen LogP contribution in [0.2, 0.25) is 0 Å². The fraction of sp³-hybridized carbons (Fsp3) is 0.286. The molecule has 18 heavy (non-hydrogen) atoms. The van der Waals surface area contributed by atoms with Crippen LogP contribution in [0.5, 0.6) is 0 Å². The molecule has 0 saturated heterocycles. The lowest BCUT2D eigenvalue weighted by Gasteiger charge is -2.18. The molecule has 4 heteroatoms. The van der Waals surface area contributed by atoms with E-state index >= 15 is 0 Å². The molecule has 0 bridgehead atoms. The van der Waals surface area contributed by atoms with Crippen molar-refractivity contribution in [2.24, 2.45) is 5.73 Å². The number of hydrogen-bond acceptors (Lipinski definition) is 4. The van der Waals surface area contributed by atoms with Crippen molar-refractivity contribution >= 4 is 5.82 Å². The maximum absolute atomic E-state index is 5.63. The van der Waals surface area contributed by atoms with E-state index in [1.165, 1.54) is 0 Å². The SMILES string of the molecule is CN(CCc1ccccn1)c1cc(CN)ccn1. The molecule has 0 fully saturated rings. The zero-order valence-electron chi connectivity index (χ0n) is 10.6. The van der Waals surface area contributed by atoms with Crippen LogP contribution in [0.15, 0.2) is 42.7 Å². The summed E-state index contributed by atoms with van der Waals surface area (Å²) in [7, 11) is 2.03. The number of anilines is 1. The lowest BCUT2D eigenvalue weighted by Crippen LogP contribution is -2.21. The summed E-state index contributed by atoms with van der Waals surface area (Å²) in [4.78, 5) is 10.8. The van der Waals surface area contributed by atoms with Gasteiger partial charge in [0.1, 0.15) is 5.82 Å². The molecule has 0 radical (unpaired) electrons. The quantitative estimate of drug-likeness (QED) is 0.865. The van der Waals surface area contributed by atoms with E-state index in [2.05, 4.69) is 14.9 Å². The van der Waals surface area contributed by atoms with E-state index in [4.69, 9.17) is 5.73 Å². The van der Waals surface area contributed by atoms with Crippen LogP contribution in [0, 0.1) is 0 Å². The molecule has 2 heterocycles. The Morgan fingerprint density at radius 2 is 2.06 bits per heavy atom. The largest absolute Gasteiger partial charge is 0.359 e. The van der Waals surface area contributed by atoms with Gasteiger partial charge in [-0.3, -0.25) is 4.98 Å². The average Bonchev–Trinajstić information content (AvgIpc) is 2.46. The zero-order valence-corrected chi connectivity index (χ0v) is 10.6. The summed E-state index contributed by atoms with van der Waals surface area (Å²) in [5, 5.41) is 0. The third kappa shape index (κ3) is 3.28. The van der Waals surface area contributed by atoms with Crippen LogP contribution in [-0.2, 0) is 13.0 Å². The van der Waals surface area contributed by atoms with Crippen LogP contribution in [0.1, 0.15) is 11.3 Å². The first-order chi connectivity index (χ1) is 8.79. The number of pyridine rings is 2. The van der Waals surface area contributed by atoms with Gasteiger partial charge in [-0.1, -0.05) is 6.07 Å². The van der Waals surface area contributed by atoms with Gasteiger partial charge in [-0.25, -0.2) is 4.98 Å². The van der Waals surface area contributed by atoms with Gasteiger partial charge in [0.05, 0.1) is 0 Å². The molecule has 0 atom stereocenters. The van der Waals surface area contributed by atoms with Crippen molar-refractivity contribution in [2.45, 2.75) is 13.0 Å². The minimum Gasteiger partial charge on any atom is -0.359 e. The maximum Gasteiger partial charge on any atom is 0.128 e. The summed E-state index contributed by atoms with van der Waals surface area (Å²) < 4.78 is 0. The molecule has 0 aliphatic heterocycles. The van der Waals surface area contributed by atoms with Crippen LogP contribution in [-0.4, -0.2) is 23.6 Å². The molecule has 4 nitrogen and oxygen atoms in total. The Bertz CT molecular complexity index is 484. The molecule has 0 spiro atoms. The Morgan fingerprint density at radius 3 is 2.78 bits per heavy atom. The molecule has 2 aromatic heterocycles. The van der Waals surface area contributed by atoms with E-state index < -0.39 is 0 Å². The monoisotopic (exact) mass is 242 g/mol. The first kappa shape index (κ1) is 12.5. The van der Waals surface area contributed by atoms with Gasteiger partial charge in [0, 0.05) is 44.6 Å². The van der Waals surface area contributed by atoms with Crippen LogP contribution >= 0.6 is 0 Å². The van der Waals surface area contributed by atoms with Crippen molar-refractivity contribution in [3.8, 4) is 0 Å². The second-order valence-corrected chi connectivity index (χ2v) is 4.22. The number of hydrogen-bond donors (Lipinski definition) is 1. The van der Waals surface area contributed by atoms with Crippen LogP contribution in [0.25, 0.3) is 0 Å². The molecule has 2 N–H and O–H groups in total. The number of rotatable bonds is 5. The number of aromatic nitrogens is 2. The summed E-state index contributed by atoms with van der Waals surface area (Å²) in [6.07, 6.45) is 4.53. The van der Waals surface area contributed by atoms with E-state index in [-0.39, 0.29) is 0 Å². The highest BCUT2D eigenvalue weighted by Gasteiger charge is 2.03. The maximum atomic E-state index is 5.63. The third-order valence-corrected chi connectivity index (χ3v) is 2.87. The average molecular weight is 242 g/mol. The predicted molar refractivity (Wildman–Crippen MR) is 73.3 cm³/mol. The van der Waals surface area contributed by atoms with E-state index in [1.54, 1.807) is 6.20 Å². The molecular formula is C14H18N4. The molecule has 2 aromatic rings. The number of likely N-dealkylation sites (N-methyl/N-ethyl adjacent to an activating group) is 1. The van der Waals surface area contributed by atoms with Crippen molar-refractivity contribution in [2.75, 3.05) is 18.5 Å². The fourth-order valence-corrected chi connectivity index (χ4v) is 1.74. The van der Waals surface area contributed by atoms with Gasteiger partial charge in [0.25, 0.3) is 0 Å². The first-order valence-corrected chi connectivity index (χ1v) is 6.05. The minimum absolute atomic E-state index is 0.545. The molecule has 0 unspecified atom stereocenters. The van der Waals surface area contributed by atoms with Crippen molar-refractivity contribution in [1.29, 1.82) is 0 Å². The summed E-state index contributed by atoms with van der Waals surface area (Å²) in [5.41, 5.74) is 7.83. The molecule has 0 amide bonds. The van der Waals surface area contributed by atoms with Gasteiger partial charge >= 0.3 is 0 Å². The molecule has 0 aliphatic rings. The Labute approximate surface area is 107 Å². The van der Waals surface area contributed by atoms with Crippen molar-refractivity contribution in [1.82, 2.24) is 9.97 Å². The second-order valence-electron chi connectivity index (χ2n) is 4.22. The molecule has 0 aromatic carbocycles. The Balaban J connectivity index is 1.97. The Morgan fingerprint density at radius 1 is 1.17 bits per heavy atom. The highest BCUT2D eigenvalue weighted by Crippen LogP contribution is 2.11. The zero-order chi connectivity index (χ0) is 12.8. The fourth-order valence-electron chi connectivity index (χ4n) is 1.74. The summed E-state index contributed by atoms with van der Waals surface area (Å²) in [6, 6.07) is 9.95. The van der Waals surface area contributed by atoms with Gasteiger partial charge in [0.15, 0.2) is 0 Å². The van der Waals surface area contributed by atoms with Crippen molar-refractivity contribution in [3.63, 3.8) is 0 Å². The summed E-state index contributed by atoms with van der Waals surface area (Å²) >= 11 is 0. The van der Waals surface area contributed by atoms with E-state index in [0.29, 0.717) is 6.54 Å². The minimum atomic E-state index is 0.545. The normalized spacial score (nSPS) is 10.3. The van der Waals surface area contributed by atoms with Crippen LogP contribution in [0.4, 0.5) is 5.82 Å². The van der Waals surface area contributed by atoms with Crippen LogP contribution in [0.3, 0.4) is 0 Å². The molecule has 0 aliphatic carbocycles. The second kappa shape index (κ2) is 6.12. The first-order valence-electron chi connectivity index (χ1n) is 6.05. The highest BCUT2D eigenvalue weighted by atomic mass is 15.2. The lowest BCUT2D eigenvalue weighted by molar-refractivity contribution is 0.837. The predicted octanol–water partition coefficient (Wildman–Crippen LogP) is 1.61. The topological polar surface area (TPSA) is 55.0 Å². The standard InChI is InChI=1S/C14H18N4/c1-18(9-6-13-4-2-3-7-16-13)14-10-12(11-15)5-8-17-14/h2-5,7-8,10H,6,9,11,15H2,1H3. The van der Waals surface area contributed by atoms with Gasteiger partial charge in [-0.05, 0) is 29.8 Å². The van der Waals surface area contributed by atoms with Gasteiger partial charge in [-0.2, -0.15) is 0 Å². The van der Waals surface area contributed by atoms with Crippen molar-refractivity contribution < 1.29 is 0 Å². The third-order valence-electron chi connectivity index (χ3n) is 2.87. The Kier molecular flexibility index (Phi) is 4.25. The number of nitrogens with two attached hydrogens (primary N) is 1. The number of nitrogens with zero attached hydrogens (tertiary/aromatic N) is 3. The molecule has 0 saturated carbocycles. The van der Waals surface area contributed by atoms with Gasteiger partial charge < -0.3 is 10.6 Å². The molecule has 2 rings (SSSR count). The van der Waals surface area contributed by atoms with E-state index in [1.807, 2.05) is 43.6 Å². The van der Waals surface area contributed by atoms with Gasteiger partial charge in [-0.15, -0.1) is 0 Å². The molecular weight excluding hydrogens is 224 g/mol. The van der Waals surface area contributed by atoms with E-state index in [0.717, 1.165) is 30.0 Å². The lowest BCUT2D eigenvalue weighted by atomic mass is 10.2. The smallest absolute Gasteiger partial charge is 0.128 e. The van der Waals surface area contributed by atoms with Gasteiger partial charge in [0.2, 0.25) is 0 Å². The molecule has 94 valence electrons. The summed E-state index contributed by atoms with van der Waals surface area (Å²) in [6.45, 7) is 1.43. The van der Waals surface area contributed by atoms with E-state index in [9.17, 15) is 0 Å². The summed E-state index contributed by atoms with van der Waals surface area (Å²) in [5.74, 6) is 0.953. The highest BCUT2D eigenvalue weighted by molar-refractivity contribution is 5.40. The van der Waals surface area contributed by atoms with Crippen LogP contribution < -0.4 is 10.6 Å². The Hall–Kier alpha value is -1.94.